The molecule has 0 bridgehead atoms. The van der Waals surface area contributed by atoms with Gasteiger partial charge in [0, 0.05) is 5.92 Å². The van der Waals surface area contributed by atoms with Crippen LogP contribution in [0.25, 0.3) is 0 Å². The van der Waals surface area contributed by atoms with Crippen molar-refractivity contribution in [2.24, 2.45) is 11.8 Å². The molecular formula is C20H24I2N2O5S2. The second-order valence-electron chi connectivity index (χ2n) is 7.06. The molecular weight excluding hydrogens is 666 g/mol. The van der Waals surface area contributed by atoms with Crippen molar-refractivity contribution < 1.29 is 23.9 Å². The van der Waals surface area contributed by atoms with Gasteiger partial charge in [0.25, 0.3) is 0 Å². The van der Waals surface area contributed by atoms with E-state index in [9.17, 15) is 14.4 Å². The van der Waals surface area contributed by atoms with Crippen LogP contribution in [0.4, 0.5) is 11.4 Å². The first-order chi connectivity index (χ1) is 14.7. The number of nitrogens with one attached hydrogen (secondary N) is 1. The summed E-state index contributed by atoms with van der Waals surface area (Å²) in [6.07, 6.45) is 4.07. The molecule has 0 unspecified atom stereocenters. The third kappa shape index (κ3) is 7.56. The van der Waals surface area contributed by atoms with Crippen LogP contribution >= 0.6 is 67.9 Å². The molecule has 2 heterocycles. The van der Waals surface area contributed by atoms with E-state index in [1.54, 1.807) is 6.07 Å². The maximum atomic E-state index is 12.3. The number of rotatable bonds is 4. The number of ether oxygens (including phenoxy) is 2. The predicted molar refractivity (Wildman–Crippen MR) is 141 cm³/mol. The lowest BCUT2D eigenvalue weighted by molar-refractivity contribution is -0.121. The maximum absolute atomic E-state index is 12.3. The number of thiophene rings is 2. The van der Waals surface area contributed by atoms with Crippen LogP contribution in [0.1, 0.15) is 52.0 Å². The van der Waals surface area contributed by atoms with Crippen LogP contribution in [0.3, 0.4) is 0 Å². The Morgan fingerprint density at radius 1 is 0.968 bits per heavy atom. The Morgan fingerprint density at radius 2 is 1.48 bits per heavy atom. The lowest BCUT2D eigenvalue weighted by atomic mass is 9.82. The van der Waals surface area contributed by atoms with Crippen molar-refractivity contribution in [2.75, 3.05) is 25.3 Å². The van der Waals surface area contributed by atoms with Crippen LogP contribution in [0.2, 0.25) is 0 Å². The van der Waals surface area contributed by atoms with Crippen LogP contribution in [0.15, 0.2) is 12.1 Å². The first-order valence-corrected chi connectivity index (χ1v) is 13.3. The Kier molecular flexibility index (Phi) is 10.5. The molecule has 0 spiro atoms. The van der Waals surface area contributed by atoms with Crippen molar-refractivity contribution in [2.45, 2.75) is 32.6 Å². The van der Waals surface area contributed by atoms with Crippen molar-refractivity contribution in [1.29, 1.82) is 0 Å². The molecule has 2 aromatic heterocycles. The van der Waals surface area contributed by atoms with Crippen LogP contribution < -0.4 is 11.1 Å². The van der Waals surface area contributed by atoms with Gasteiger partial charge in [0.2, 0.25) is 5.91 Å². The second-order valence-corrected chi connectivity index (χ2v) is 13.0. The van der Waals surface area contributed by atoms with Gasteiger partial charge in [-0.2, -0.15) is 0 Å². The van der Waals surface area contributed by atoms with Gasteiger partial charge in [-0.25, -0.2) is 9.59 Å². The maximum Gasteiger partial charge on any atom is 0.350 e. The van der Waals surface area contributed by atoms with Crippen molar-refractivity contribution in [3.8, 4) is 0 Å². The summed E-state index contributed by atoms with van der Waals surface area (Å²) in [6.45, 7) is 2.23. The fraction of sp³-hybridized carbons (Fsp3) is 0.450. The average molecular weight is 690 g/mol. The van der Waals surface area contributed by atoms with Crippen LogP contribution in [-0.2, 0) is 14.3 Å². The highest BCUT2D eigenvalue weighted by Crippen LogP contribution is 2.32. The third-order valence-corrected chi connectivity index (χ3v) is 8.59. The zero-order valence-electron chi connectivity index (χ0n) is 17.3. The molecule has 11 heteroatoms. The Labute approximate surface area is 216 Å². The largest absolute Gasteiger partial charge is 0.465 e. The number of esters is 2. The minimum absolute atomic E-state index is 0.0243. The number of carbonyl (C=O) groups is 3. The summed E-state index contributed by atoms with van der Waals surface area (Å²) in [5.74, 6) is 0.0400. The zero-order valence-corrected chi connectivity index (χ0v) is 23.3. The fourth-order valence-electron chi connectivity index (χ4n) is 3.08. The average Bonchev–Trinajstić information content (AvgIpc) is 3.28. The molecule has 170 valence electrons. The van der Waals surface area contributed by atoms with Gasteiger partial charge >= 0.3 is 11.9 Å². The van der Waals surface area contributed by atoms with E-state index in [1.807, 2.05) is 6.07 Å². The first kappa shape index (κ1) is 26.3. The monoisotopic (exact) mass is 690 g/mol. The molecule has 1 saturated carbocycles. The number of hydrogen-bond acceptors (Lipinski definition) is 8. The summed E-state index contributed by atoms with van der Waals surface area (Å²) in [5.41, 5.74) is 6.59. The quantitative estimate of drug-likeness (QED) is 0.319. The number of hydrogen-bond donors (Lipinski definition) is 2. The van der Waals surface area contributed by atoms with Crippen LogP contribution in [-0.4, -0.2) is 32.1 Å². The van der Waals surface area contributed by atoms with E-state index < -0.39 is 5.97 Å². The molecule has 3 rings (SSSR count). The highest BCUT2D eigenvalue weighted by molar-refractivity contribution is 14.1. The Balaban J connectivity index is 0.000000262. The molecule has 1 amide bonds. The molecule has 0 aliphatic heterocycles. The van der Waals surface area contributed by atoms with Crippen molar-refractivity contribution in [3.05, 3.63) is 27.7 Å². The molecule has 0 aromatic carbocycles. The zero-order chi connectivity index (χ0) is 23.1. The van der Waals surface area contributed by atoms with Gasteiger partial charge in [0.15, 0.2) is 0 Å². The minimum atomic E-state index is -0.398. The molecule has 7 nitrogen and oxygen atoms in total. The van der Waals surface area contributed by atoms with Gasteiger partial charge in [-0.15, -0.1) is 22.7 Å². The van der Waals surface area contributed by atoms with Crippen molar-refractivity contribution in [3.63, 3.8) is 0 Å². The lowest BCUT2D eigenvalue weighted by Crippen LogP contribution is -2.27. The van der Waals surface area contributed by atoms with E-state index in [0.29, 0.717) is 27.0 Å². The standard InChI is InChI=1S/C14H18INO3S.C6H6INO2S/c1-8-3-5-9(6-4-8)13(17)16-10-7-11(15)20-12(10)14(18)19-2;1-10-6(9)5-3(8)2-4(7)11-5/h7-9H,3-6H2,1-2H3,(H,16,17);2H,8H2,1H3/t8-,9-;. The van der Waals surface area contributed by atoms with Gasteiger partial charge in [-0.05, 0) is 88.9 Å². The van der Waals surface area contributed by atoms with E-state index in [2.05, 4.69) is 62.2 Å². The fourth-order valence-corrected chi connectivity index (χ4v) is 6.53. The van der Waals surface area contributed by atoms with Gasteiger partial charge in [-0.1, -0.05) is 6.92 Å². The molecule has 0 radical (unpaired) electrons. The lowest BCUT2D eigenvalue weighted by Gasteiger charge is -2.25. The summed E-state index contributed by atoms with van der Waals surface area (Å²) < 4.78 is 11.2. The van der Waals surface area contributed by atoms with Gasteiger partial charge in [-0.3, -0.25) is 4.79 Å². The summed E-state index contributed by atoms with van der Waals surface area (Å²) in [5, 5.41) is 2.90. The smallest absolute Gasteiger partial charge is 0.350 e. The Morgan fingerprint density at radius 3 is 2.00 bits per heavy atom. The van der Waals surface area contributed by atoms with Crippen LogP contribution in [0.5, 0.6) is 0 Å². The topological polar surface area (TPSA) is 108 Å². The molecule has 0 atom stereocenters. The summed E-state index contributed by atoms with van der Waals surface area (Å²) in [7, 11) is 2.69. The molecule has 3 N–H and O–H groups in total. The second kappa shape index (κ2) is 12.3. The van der Waals surface area contributed by atoms with E-state index in [4.69, 9.17) is 10.5 Å². The van der Waals surface area contributed by atoms with E-state index in [0.717, 1.165) is 31.5 Å². The molecule has 1 aliphatic rings. The number of halogens is 2. The van der Waals surface area contributed by atoms with E-state index >= 15 is 0 Å². The van der Waals surface area contributed by atoms with Gasteiger partial charge in [0.05, 0.1) is 31.4 Å². The minimum Gasteiger partial charge on any atom is -0.465 e. The molecule has 2 aromatic rings. The first-order valence-electron chi connectivity index (χ1n) is 9.47. The molecule has 1 aliphatic carbocycles. The number of carbonyl (C=O) groups excluding carboxylic acids is 3. The van der Waals surface area contributed by atoms with Crippen molar-refractivity contribution >= 4 is 97.1 Å². The van der Waals surface area contributed by atoms with Crippen molar-refractivity contribution in [1.82, 2.24) is 0 Å². The summed E-state index contributed by atoms with van der Waals surface area (Å²) in [4.78, 5) is 35.9. The normalized spacial score (nSPS) is 17.8. The Bertz CT molecular complexity index is 936. The van der Waals surface area contributed by atoms with Gasteiger partial charge < -0.3 is 20.5 Å². The number of anilines is 2. The number of methoxy groups -OCH3 is 2. The Hall–Kier alpha value is -0.930. The third-order valence-electron chi connectivity index (χ3n) is 4.82. The summed E-state index contributed by atoms with van der Waals surface area (Å²) in [6, 6.07) is 3.57. The number of amides is 1. The molecule has 1 fully saturated rings. The van der Waals surface area contributed by atoms with Crippen LogP contribution in [0, 0.1) is 17.6 Å². The number of nitrogen functional groups attached to an aromatic ring is 1. The van der Waals surface area contributed by atoms with E-state index in [-0.39, 0.29) is 17.8 Å². The highest BCUT2D eigenvalue weighted by Gasteiger charge is 2.26. The summed E-state index contributed by atoms with van der Waals surface area (Å²) >= 11 is 6.91. The molecule has 0 saturated heterocycles. The van der Waals surface area contributed by atoms with Gasteiger partial charge in [0.1, 0.15) is 9.75 Å². The predicted octanol–water partition coefficient (Wildman–Crippen LogP) is 5.63. The SMILES string of the molecule is COC(=O)c1sc(I)cc1N.COC(=O)c1sc(I)cc1NC(=O)[C@H]1CC[C@H](C)CC1. The van der Waals surface area contributed by atoms with E-state index in [1.165, 1.54) is 36.9 Å². The molecule has 31 heavy (non-hydrogen) atoms. The number of nitrogens with two attached hydrogens (primary N) is 1. The highest BCUT2D eigenvalue weighted by atomic mass is 127.